The number of hydrogen-bond acceptors (Lipinski definition) is 3. The van der Waals surface area contributed by atoms with Crippen LogP contribution in [0.5, 0.6) is 0 Å². The SMILES string of the molecule is C[C@H](NC(=O)C[C@H]1C=CCC1)c1ccc(S(=O)(=O)N(C)C)cc1. The number of benzene rings is 1. The van der Waals surface area contributed by atoms with Crippen molar-refractivity contribution in [3.63, 3.8) is 0 Å². The number of nitrogens with one attached hydrogen (secondary N) is 1. The highest BCUT2D eigenvalue weighted by atomic mass is 32.2. The molecule has 1 aliphatic rings. The van der Waals surface area contributed by atoms with Crippen molar-refractivity contribution in [2.24, 2.45) is 5.92 Å². The molecule has 5 nitrogen and oxygen atoms in total. The minimum absolute atomic E-state index is 0.0269. The first-order chi connectivity index (χ1) is 10.8. The second-order valence-electron chi connectivity index (χ2n) is 6.12. The molecule has 126 valence electrons. The summed E-state index contributed by atoms with van der Waals surface area (Å²) in [6, 6.07) is 6.50. The van der Waals surface area contributed by atoms with E-state index in [2.05, 4.69) is 17.5 Å². The summed E-state index contributed by atoms with van der Waals surface area (Å²) in [6.45, 7) is 1.90. The van der Waals surface area contributed by atoms with Gasteiger partial charge in [-0.3, -0.25) is 4.79 Å². The van der Waals surface area contributed by atoms with E-state index in [1.165, 1.54) is 18.4 Å². The largest absolute Gasteiger partial charge is 0.350 e. The van der Waals surface area contributed by atoms with Crippen molar-refractivity contribution in [1.29, 1.82) is 0 Å². The number of hydrogen-bond donors (Lipinski definition) is 1. The average Bonchev–Trinajstić information content (AvgIpc) is 2.99. The van der Waals surface area contributed by atoms with Gasteiger partial charge in [0.2, 0.25) is 15.9 Å². The van der Waals surface area contributed by atoms with Gasteiger partial charge in [0.1, 0.15) is 0 Å². The van der Waals surface area contributed by atoms with E-state index in [1.807, 2.05) is 6.92 Å². The molecule has 0 heterocycles. The summed E-state index contributed by atoms with van der Waals surface area (Å²) in [5.41, 5.74) is 0.887. The monoisotopic (exact) mass is 336 g/mol. The number of carbonyl (C=O) groups excluding carboxylic acids is 1. The number of allylic oxidation sites excluding steroid dienone is 2. The van der Waals surface area contributed by atoms with Crippen molar-refractivity contribution in [3.05, 3.63) is 42.0 Å². The van der Waals surface area contributed by atoms with Gasteiger partial charge in [-0.2, -0.15) is 0 Å². The molecule has 0 bridgehead atoms. The number of rotatable bonds is 6. The second kappa shape index (κ2) is 7.27. The molecule has 2 rings (SSSR count). The first kappa shape index (κ1) is 17.7. The van der Waals surface area contributed by atoms with Crippen LogP contribution in [0.3, 0.4) is 0 Å². The molecule has 0 fully saturated rings. The summed E-state index contributed by atoms with van der Waals surface area (Å²) in [5.74, 6) is 0.369. The zero-order valence-electron chi connectivity index (χ0n) is 13.8. The van der Waals surface area contributed by atoms with Crippen LogP contribution in [0.25, 0.3) is 0 Å². The van der Waals surface area contributed by atoms with Gasteiger partial charge in [0, 0.05) is 20.5 Å². The zero-order chi connectivity index (χ0) is 17.0. The normalized spacial score (nSPS) is 19.0. The molecule has 0 aliphatic heterocycles. The van der Waals surface area contributed by atoms with E-state index in [9.17, 15) is 13.2 Å². The molecule has 0 saturated heterocycles. The Kier molecular flexibility index (Phi) is 5.59. The van der Waals surface area contributed by atoms with Crippen molar-refractivity contribution >= 4 is 15.9 Å². The van der Waals surface area contributed by atoms with Gasteiger partial charge < -0.3 is 5.32 Å². The molecule has 0 radical (unpaired) electrons. The van der Waals surface area contributed by atoms with Gasteiger partial charge in [-0.1, -0.05) is 24.3 Å². The summed E-state index contributed by atoms with van der Waals surface area (Å²) in [6.07, 6.45) is 6.82. The molecule has 0 aromatic heterocycles. The van der Waals surface area contributed by atoms with Crippen LogP contribution in [-0.4, -0.2) is 32.7 Å². The summed E-state index contributed by atoms with van der Waals surface area (Å²) >= 11 is 0. The van der Waals surface area contributed by atoms with Gasteiger partial charge in [-0.25, -0.2) is 12.7 Å². The first-order valence-electron chi connectivity index (χ1n) is 7.79. The molecule has 0 spiro atoms. The molecule has 1 N–H and O–H groups in total. The Morgan fingerprint density at radius 2 is 1.96 bits per heavy atom. The van der Waals surface area contributed by atoms with Crippen molar-refractivity contribution < 1.29 is 13.2 Å². The predicted molar refractivity (Wildman–Crippen MR) is 90.4 cm³/mol. The Hall–Kier alpha value is -1.66. The van der Waals surface area contributed by atoms with Crippen molar-refractivity contribution in [3.8, 4) is 0 Å². The summed E-state index contributed by atoms with van der Waals surface area (Å²) < 4.78 is 25.3. The van der Waals surface area contributed by atoms with E-state index in [-0.39, 0.29) is 16.8 Å². The molecule has 1 aromatic rings. The Balaban J connectivity index is 1.98. The number of amides is 1. The minimum Gasteiger partial charge on any atom is -0.350 e. The van der Waals surface area contributed by atoms with Gasteiger partial charge in [0.05, 0.1) is 10.9 Å². The second-order valence-corrected chi connectivity index (χ2v) is 8.27. The molecular formula is C17H24N2O3S. The predicted octanol–water partition coefficient (Wildman–Crippen LogP) is 2.47. The van der Waals surface area contributed by atoms with Crippen LogP contribution in [0.1, 0.15) is 37.8 Å². The highest BCUT2D eigenvalue weighted by molar-refractivity contribution is 7.89. The smallest absolute Gasteiger partial charge is 0.242 e. The molecule has 1 aromatic carbocycles. The summed E-state index contributed by atoms with van der Waals surface area (Å²) in [4.78, 5) is 12.3. The lowest BCUT2D eigenvalue weighted by atomic mass is 10.0. The maximum absolute atomic E-state index is 12.1. The third kappa shape index (κ3) is 4.42. The van der Waals surface area contributed by atoms with Gasteiger partial charge in [-0.05, 0) is 43.4 Å². The van der Waals surface area contributed by atoms with Crippen LogP contribution in [0.4, 0.5) is 0 Å². The minimum atomic E-state index is -3.42. The van der Waals surface area contributed by atoms with E-state index in [1.54, 1.807) is 24.3 Å². The third-order valence-corrected chi connectivity index (χ3v) is 5.93. The highest BCUT2D eigenvalue weighted by Crippen LogP contribution is 2.22. The molecule has 0 unspecified atom stereocenters. The van der Waals surface area contributed by atoms with Gasteiger partial charge in [0.15, 0.2) is 0 Å². The van der Waals surface area contributed by atoms with E-state index < -0.39 is 10.0 Å². The third-order valence-electron chi connectivity index (χ3n) is 4.10. The van der Waals surface area contributed by atoms with E-state index in [0.29, 0.717) is 12.3 Å². The maximum Gasteiger partial charge on any atom is 0.242 e. The quantitative estimate of drug-likeness (QED) is 0.812. The molecule has 23 heavy (non-hydrogen) atoms. The molecule has 6 heteroatoms. The molecule has 2 atom stereocenters. The zero-order valence-corrected chi connectivity index (χ0v) is 14.6. The van der Waals surface area contributed by atoms with Crippen molar-refractivity contribution in [2.75, 3.05) is 14.1 Å². The molecule has 1 aliphatic carbocycles. The number of carbonyl (C=O) groups is 1. The standard InChI is InChI=1S/C17H24N2O3S/c1-13(18-17(20)12-14-6-4-5-7-14)15-8-10-16(11-9-15)23(21,22)19(2)3/h4,6,8-11,13-14H,5,7,12H2,1-3H3,(H,18,20)/t13-,14-/m0/s1. The lowest BCUT2D eigenvalue weighted by molar-refractivity contribution is -0.122. The average molecular weight is 336 g/mol. The van der Waals surface area contributed by atoms with E-state index in [0.717, 1.165) is 18.4 Å². The fourth-order valence-corrected chi connectivity index (χ4v) is 3.53. The van der Waals surface area contributed by atoms with Crippen molar-refractivity contribution in [1.82, 2.24) is 9.62 Å². The fourth-order valence-electron chi connectivity index (χ4n) is 2.63. The fraction of sp³-hybridized carbons (Fsp3) is 0.471. The first-order valence-corrected chi connectivity index (χ1v) is 9.23. The van der Waals surface area contributed by atoms with Crippen LogP contribution in [0, 0.1) is 5.92 Å². The Bertz CT molecular complexity index is 678. The summed E-state index contributed by atoms with van der Waals surface area (Å²) in [5, 5.41) is 2.97. The Morgan fingerprint density at radius 1 is 1.30 bits per heavy atom. The Labute approximate surface area is 138 Å². The van der Waals surface area contributed by atoms with Crippen LogP contribution in [0.15, 0.2) is 41.3 Å². The number of sulfonamides is 1. The van der Waals surface area contributed by atoms with Gasteiger partial charge in [0.25, 0.3) is 0 Å². The topological polar surface area (TPSA) is 66.5 Å². The molecular weight excluding hydrogens is 312 g/mol. The lowest BCUT2D eigenvalue weighted by Crippen LogP contribution is -2.28. The highest BCUT2D eigenvalue weighted by Gasteiger charge is 2.19. The maximum atomic E-state index is 12.1. The van der Waals surface area contributed by atoms with Crippen LogP contribution in [-0.2, 0) is 14.8 Å². The van der Waals surface area contributed by atoms with Gasteiger partial charge in [-0.15, -0.1) is 0 Å². The van der Waals surface area contributed by atoms with Crippen LogP contribution < -0.4 is 5.32 Å². The van der Waals surface area contributed by atoms with Crippen molar-refractivity contribution in [2.45, 2.75) is 37.1 Å². The van der Waals surface area contributed by atoms with Gasteiger partial charge >= 0.3 is 0 Å². The van der Waals surface area contributed by atoms with Crippen LogP contribution >= 0.6 is 0 Å². The number of nitrogens with zero attached hydrogens (tertiary/aromatic N) is 1. The Morgan fingerprint density at radius 3 is 2.48 bits per heavy atom. The van der Waals surface area contributed by atoms with Crippen LogP contribution in [0.2, 0.25) is 0 Å². The lowest BCUT2D eigenvalue weighted by Gasteiger charge is -2.17. The molecule has 1 amide bonds. The molecule has 0 saturated carbocycles. The van der Waals surface area contributed by atoms with E-state index >= 15 is 0 Å². The van der Waals surface area contributed by atoms with E-state index in [4.69, 9.17) is 0 Å². The summed E-state index contributed by atoms with van der Waals surface area (Å²) in [7, 11) is -0.413.